The fourth-order valence-corrected chi connectivity index (χ4v) is 2.59. The van der Waals surface area contributed by atoms with Crippen LogP contribution in [0.25, 0.3) is 0 Å². The number of rotatable bonds is 7. The van der Waals surface area contributed by atoms with Gasteiger partial charge in [-0.3, -0.25) is 9.69 Å². The summed E-state index contributed by atoms with van der Waals surface area (Å²) >= 11 is 6.14. The number of nitrogens with two attached hydrogens (primary N) is 1. The Kier molecular flexibility index (Phi) is 9.01. The number of hydrogen-bond donors (Lipinski definition) is 2. The molecule has 0 saturated carbocycles. The zero-order valence-corrected chi connectivity index (χ0v) is 15.3. The normalized spacial score (nSPS) is 12.7. The fraction of sp³-hybridized carbons (Fsp3) is 0.562. The van der Waals surface area contributed by atoms with Crippen LogP contribution in [0.15, 0.2) is 24.3 Å². The molecule has 126 valence electrons. The van der Waals surface area contributed by atoms with Crippen molar-refractivity contribution in [2.24, 2.45) is 11.1 Å². The first-order valence-electron chi connectivity index (χ1n) is 7.17. The van der Waals surface area contributed by atoms with Crippen molar-refractivity contribution in [2.75, 3.05) is 26.7 Å². The van der Waals surface area contributed by atoms with E-state index < -0.39 is 0 Å². The number of halogens is 2. The summed E-state index contributed by atoms with van der Waals surface area (Å²) in [6.07, 6.45) is 0. The SMILES string of the molecule is CC(NC(=O)CN(C)CC(C)(C)CN)c1ccccc1Cl.Cl. The van der Waals surface area contributed by atoms with E-state index in [1.807, 2.05) is 43.1 Å². The van der Waals surface area contributed by atoms with Crippen molar-refractivity contribution in [2.45, 2.75) is 26.8 Å². The number of amides is 1. The maximum Gasteiger partial charge on any atom is 0.234 e. The summed E-state index contributed by atoms with van der Waals surface area (Å²) in [6.45, 7) is 7.83. The summed E-state index contributed by atoms with van der Waals surface area (Å²) in [5.41, 5.74) is 6.65. The van der Waals surface area contributed by atoms with Gasteiger partial charge in [-0.1, -0.05) is 43.6 Å². The predicted molar refractivity (Wildman–Crippen MR) is 95.6 cm³/mol. The molecule has 6 heteroatoms. The lowest BCUT2D eigenvalue weighted by Crippen LogP contribution is -2.42. The molecule has 1 atom stereocenters. The van der Waals surface area contributed by atoms with Gasteiger partial charge < -0.3 is 11.1 Å². The molecule has 1 unspecified atom stereocenters. The van der Waals surface area contributed by atoms with Crippen molar-refractivity contribution in [1.82, 2.24) is 10.2 Å². The molecule has 0 aromatic heterocycles. The van der Waals surface area contributed by atoms with Gasteiger partial charge in [0, 0.05) is 11.6 Å². The van der Waals surface area contributed by atoms with E-state index in [4.69, 9.17) is 17.3 Å². The van der Waals surface area contributed by atoms with Crippen molar-refractivity contribution < 1.29 is 4.79 Å². The molecule has 1 aromatic carbocycles. The van der Waals surface area contributed by atoms with Crippen molar-refractivity contribution >= 4 is 29.9 Å². The first-order chi connectivity index (χ1) is 9.75. The van der Waals surface area contributed by atoms with Gasteiger partial charge in [0.1, 0.15) is 0 Å². The Bertz CT molecular complexity index is 480. The second-order valence-corrected chi connectivity index (χ2v) is 6.76. The summed E-state index contributed by atoms with van der Waals surface area (Å²) in [5.74, 6) is -0.0160. The Morgan fingerprint density at radius 1 is 1.41 bits per heavy atom. The molecule has 1 aromatic rings. The van der Waals surface area contributed by atoms with E-state index in [0.717, 1.165) is 12.1 Å². The zero-order valence-electron chi connectivity index (χ0n) is 13.7. The zero-order chi connectivity index (χ0) is 16.0. The molecule has 0 radical (unpaired) electrons. The largest absolute Gasteiger partial charge is 0.348 e. The molecule has 4 nitrogen and oxygen atoms in total. The second kappa shape index (κ2) is 9.36. The Hall–Kier alpha value is -0.810. The van der Waals surface area contributed by atoms with Crippen LogP contribution in [0.2, 0.25) is 5.02 Å². The van der Waals surface area contributed by atoms with Crippen LogP contribution in [0.1, 0.15) is 32.4 Å². The van der Waals surface area contributed by atoms with Crippen molar-refractivity contribution in [3.8, 4) is 0 Å². The molecule has 1 rings (SSSR count). The molecule has 3 N–H and O–H groups in total. The number of benzene rings is 1. The summed E-state index contributed by atoms with van der Waals surface area (Å²) in [7, 11) is 1.93. The van der Waals surface area contributed by atoms with Crippen LogP contribution >= 0.6 is 24.0 Å². The molecular weight excluding hydrogens is 321 g/mol. The highest BCUT2D eigenvalue weighted by atomic mass is 35.5. The molecule has 0 aliphatic heterocycles. The quantitative estimate of drug-likeness (QED) is 0.797. The average molecular weight is 348 g/mol. The minimum absolute atomic E-state index is 0. The molecule has 0 spiro atoms. The highest BCUT2D eigenvalue weighted by Gasteiger charge is 2.20. The van der Waals surface area contributed by atoms with Gasteiger partial charge in [0.2, 0.25) is 5.91 Å². The van der Waals surface area contributed by atoms with E-state index in [0.29, 0.717) is 18.1 Å². The molecule has 0 bridgehead atoms. The lowest BCUT2D eigenvalue weighted by molar-refractivity contribution is -0.122. The van der Waals surface area contributed by atoms with Crippen LogP contribution in [0.4, 0.5) is 0 Å². The second-order valence-electron chi connectivity index (χ2n) is 6.35. The topological polar surface area (TPSA) is 58.4 Å². The van der Waals surface area contributed by atoms with Gasteiger partial charge in [-0.2, -0.15) is 0 Å². The van der Waals surface area contributed by atoms with Gasteiger partial charge in [0.15, 0.2) is 0 Å². The Balaban J connectivity index is 0.00000441. The molecule has 0 heterocycles. The molecule has 0 saturated heterocycles. The van der Waals surface area contributed by atoms with Crippen molar-refractivity contribution in [1.29, 1.82) is 0 Å². The molecule has 0 fully saturated rings. The Labute approximate surface area is 144 Å². The van der Waals surface area contributed by atoms with Crippen molar-refractivity contribution in [3.05, 3.63) is 34.9 Å². The molecule has 1 amide bonds. The molecule has 22 heavy (non-hydrogen) atoms. The van der Waals surface area contributed by atoms with E-state index in [1.165, 1.54) is 0 Å². The monoisotopic (exact) mass is 347 g/mol. The van der Waals surface area contributed by atoms with Gasteiger partial charge in [-0.05, 0) is 37.6 Å². The summed E-state index contributed by atoms with van der Waals surface area (Å²) in [4.78, 5) is 14.1. The van der Waals surface area contributed by atoms with Gasteiger partial charge in [0.05, 0.1) is 12.6 Å². The van der Waals surface area contributed by atoms with Crippen LogP contribution in [0, 0.1) is 5.41 Å². The maximum atomic E-state index is 12.1. The van der Waals surface area contributed by atoms with Gasteiger partial charge in [0.25, 0.3) is 0 Å². The van der Waals surface area contributed by atoms with Crippen LogP contribution in [0.5, 0.6) is 0 Å². The Morgan fingerprint density at radius 3 is 2.55 bits per heavy atom. The smallest absolute Gasteiger partial charge is 0.234 e. The lowest BCUT2D eigenvalue weighted by atomic mass is 9.93. The number of nitrogens with one attached hydrogen (secondary N) is 1. The lowest BCUT2D eigenvalue weighted by Gasteiger charge is -2.29. The van der Waals surface area contributed by atoms with E-state index in [1.54, 1.807) is 0 Å². The average Bonchev–Trinajstić information content (AvgIpc) is 2.38. The number of hydrogen-bond acceptors (Lipinski definition) is 3. The summed E-state index contributed by atoms with van der Waals surface area (Å²) in [5, 5.41) is 3.64. The van der Waals surface area contributed by atoms with Crippen LogP contribution in [-0.4, -0.2) is 37.5 Å². The number of nitrogens with zero attached hydrogens (tertiary/aromatic N) is 1. The summed E-state index contributed by atoms with van der Waals surface area (Å²) in [6, 6.07) is 7.44. The minimum atomic E-state index is -0.109. The van der Waals surface area contributed by atoms with E-state index in [9.17, 15) is 4.79 Å². The highest BCUT2D eigenvalue weighted by Crippen LogP contribution is 2.22. The summed E-state index contributed by atoms with van der Waals surface area (Å²) < 4.78 is 0. The standard InChI is InChI=1S/C16H26ClN3O.ClH/c1-12(13-7-5-6-8-14(13)17)19-15(21)9-20(4)11-16(2,3)10-18;/h5-8,12H,9-11,18H2,1-4H3,(H,19,21);1H. The first kappa shape index (κ1) is 21.2. The molecular formula is C16H27Cl2N3O. The highest BCUT2D eigenvalue weighted by molar-refractivity contribution is 6.31. The third-order valence-corrected chi connectivity index (χ3v) is 3.76. The van der Waals surface area contributed by atoms with Crippen LogP contribution < -0.4 is 11.1 Å². The first-order valence-corrected chi connectivity index (χ1v) is 7.55. The van der Waals surface area contributed by atoms with E-state index in [2.05, 4.69) is 19.2 Å². The molecule has 0 aliphatic carbocycles. The number of carbonyl (C=O) groups excluding carboxylic acids is 1. The van der Waals surface area contributed by atoms with E-state index in [-0.39, 0.29) is 29.8 Å². The third-order valence-electron chi connectivity index (χ3n) is 3.41. The van der Waals surface area contributed by atoms with E-state index >= 15 is 0 Å². The fourth-order valence-electron chi connectivity index (χ4n) is 2.29. The maximum absolute atomic E-state index is 12.1. The van der Waals surface area contributed by atoms with Gasteiger partial charge in [-0.25, -0.2) is 0 Å². The van der Waals surface area contributed by atoms with Crippen LogP contribution in [-0.2, 0) is 4.79 Å². The minimum Gasteiger partial charge on any atom is -0.348 e. The predicted octanol–water partition coefficient (Wildman–Crippen LogP) is 2.86. The van der Waals surface area contributed by atoms with Crippen LogP contribution in [0.3, 0.4) is 0 Å². The van der Waals surface area contributed by atoms with Crippen molar-refractivity contribution in [3.63, 3.8) is 0 Å². The molecule has 0 aliphatic rings. The number of carbonyl (C=O) groups is 1. The van der Waals surface area contributed by atoms with Gasteiger partial charge >= 0.3 is 0 Å². The third kappa shape index (κ3) is 6.97. The number of likely N-dealkylation sites (N-methyl/N-ethyl adjacent to an activating group) is 1. The van der Waals surface area contributed by atoms with Gasteiger partial charge in [-0.15, -0.1) is 12.4 Å². The Morgan fingerprint density at radius 2 is 2.00 bits per heavy atom.